The monoisotopic (exact) mass is 390 g/mol. The molecule has 0 amide bonds. The van der Waals surface area contributed by atoms with E-state index in [4.69, 9.17) is 9.73 Å². The van der Waals surface area contributed by atoms with E-state index >= 15 is 0 Å². The number of nitrogens with zero attached hydrogens (tertiary/aromatic N) is 2. The Hall–Kier alpha value is -2.28. The van der Waals surface area contributed by atoms with Crippen LogP contribution in [-0.2, 0) is 28.8 Å². The van der Waals surface area contributed by atoms with Crippen LogP contribution in [0, 0.1) is 0 Å². The minimum Gasteiger partial charge on any atom is -0.458 e. The molecule has 0 fully saturated rings. The van der Waals surface area contributed by atoms with Gasteiger partial charge in [-0.2, -0.15) is 0 Å². The Labute approximate surface area is 163 Å². The summed E-state index contributed by atoms with van der Waals surface area (Å²) < 4.78 is 20.0. The van der Waals surface area contributed by atoms with Crippen LogP contribution in [0.1, 0.15) is 69.7 Å². The van der Waals surface area contributed by atoms with Crippen LogP contribution in [0.15, 0.2) is 27.3 Å². The lowest BCUT2D eigenvalue weighted by atomic mass is 9.85. The van der Waals surface area contributed by atoms with Crippen molar-refractivity contribution >= 4 is 11.7 Å². The third kappa shape index (κ3) is 3.21. The average molecular weight is 390 g/mol. The fraction of sp³-hybridized carbons (Fsp3) is 0.571. The number of unbranched alkanes of at least 4 members (excludes halogenated alkanes) is 1. The second kappa shape index (κ2) is 7.62. The van der Waals surface area contributed by atoms with E-state index in [0.717, 1.165) is 12.8 Å². The normalized spacial score (nSPS) is 24.7. The Kier molecular flexibility index (Phi) is 5.57. The zero-order chi connectivity index (χ0) is 20.6. The van der Waals surface area contributed by atoms with Gasteiger partial charge in [-0.15, -0.1) is 0 Å². The highest BCUT2D eigenvalue weighted by atomic mass is 19.1. The van der Waals surface area contributed by atoms with Crippen LogP contribution in [0.3, 0.4) is 0 Å². The summed E-state index contributed by atoms with van der Waals surface area (Å²) in [5, 5.41) is 10.9. The summed E-state index contributed by atoms with van der Waals surface area (Å²) in [5.41, 5.74) is 0.284. The molecular weight excluding hydrogens is 363 g/mol. The van der Waals surface area contributed by atoms with Crippen LogP contribution in [-0.4, -0.2) is 27.4 Å². The molecule has 0 saturated carbocycles. The number of carbonyl (C=O) groups is 1. The number of rotatable bonds is 6. The number of hydrogen-bond acceptors (Lipinski definition) is 5. The zero-order valence-corrected chi connectivity index (χ0v) is 16.8. The maximum Gasteiger partial charge on any atom is 0.343 e. The van der Waals surface area contributed by atoms with Gasteiger partial charge in [0.1, 0.15) is 12.4 Å². The van der Waals surface area contributed by atoms with Crippen LogP contribution >= 0.6 is 0 Å². The second-order valence-corrected chi connectivity index (χ2v) is 7.56. The third-order valence-corrected chi connectivity index (χ3v) is 5.85. The van der Waals surface area contributed by atoms with Crippen LogP contribution < -0.4 is 5.56 Å². The minimum atomic E-state index is -1.84. The van der Waals surface area contributed by atoms with Crippen molar-refractivity contribution in [3.8, 4) is 0 Å². The predicted octanol–water partition coefficient (Wildman–Crippen LogP) is 3.03. The highest BCUT2D eigenvalue weighted by molar-refractivity contribution is 6.00. The SMILES string of the molecule is CCCC/C(=N\[C@@H]1CC(F)=C1C)c1cc2c(c(=O)n1C)COC(=O)[C@]2(O)CC. The van der Waals surface area contributed by atoms with Gasteiger partial charge in [0.05, 0.1) is 23.0 Å². The minimum absolute atomic E-state index is 0.0998. The largest absolute Gasteiger partial charge is 0.458 e. The van der Waals surface area contributed by atoms with Crippen LogP contribution in [0.2, 0.25) is 0 Å². The standard InChI is InChI=1S/C21H27FN2O4/c1-5-7-8-16(23-17-10-15(22)12(17)3)18-9-14-13(19(25)24(18)4)11-28-20(26)21(14,27)6-2/h9,17,27H,5-8,10-11H2,1-4H3/b23-16+/t17-,21+/m1/s1. The van der Waals surface area contributed by atoms with E-state index in [1.807, 2.05) is 0 Å². The number of fused-ring (bicyclic) bond motifs is 1. The van der Waals surface area contributed by atoms with E-state index < -0.39 is 11.6 Å². The molecule has 1 aliphatic heterocycles. The summed E-state index contributed by atoms with van der Waals surface area (Å²) in [6.07, 6.45) is 2.80. The molecular formula is C21H27FN2O4. The molecule has 0 bridgehead atoms. The number of aromatic nitrogens is 1. The van der Waals surface area contributed by atoms with Crippen molar-refractivity contribution in [2.45, 2.75) is 71.1 Å². The Bertz CT molecular complexity index is 931. The fourth-order valence-corrected chi connectivity index (χ4v) is 3.70. The number of halogens is 1. The highest BCUT2D eigenvalue weighted by Gasteiger charge is 2.44. The van der Waals surface area contributed by atoms with Crippen molar-refractivity contribution in [1.29, 1.82) is 0 Å². The van der Waals surface area contributed by atoms with Crippen LogP contribution in [0.5, 0.6) is 0 Å². The lowest BCUT2D eigenvalue weighted by Gasteiger charge is -2.32. The second-order valence-electron chi connectivity index (χ2n) is 7.56. The highest BCUT2D eigenvalue weighted by Crippen LogP contribution is 2.35. The number of aliphatic hydroxyl groups is 1. The Morgan fingerprint density at radius 1 is 1.43 bits per heavy atom. The number of carbonyl (C=O) groups excluding carboxylic acids is 1. The van der Waals surface area contributed by atoms with Gasteiger partial charge in [-0.25, -0.2) is 9.18 Å². The van der Waals surface area contributed by atoms with E-state index in [0.29, 0.717) is 29.0 Å². The Morgan fingerprint density at radius 3 is 2.71 bits per heavy atom. The van der Waals surface area contributed by atoms with Crippen molar-refractivity contribution in [3.63, 3.8) is 0 Å². The molecule has 0 aromatic carbocycles. The molecule has 2 aliphatic rings. The predicted molar refractivity (Wildman–Crippen MR) is 104 cm³/mol. The van der Waals surface area contributed by atoms with E-state index in [9.17, 15) is 19.1 Å². The number of esters is 1. The summed E-state index contributed by atoms with van der Waals surface area (Å²) >= 11 is 0. The van der Waals surface area contributed by atoms with Gasteiger partial charge in [0, 0.05) is 19.0 Å². The summed E-state index contributed by atoms with van der Waals surface area (Å²) in [7, 11) is 1.64. The molecule has 6 nitrogen and oxygen atoms in total. The van der Waals surface area contributed by atoms with Crippen LogP contribution in [0.4, 0.5) is 4.39 Å². The molecule has 3 rings (SSSR count). The zero-order valence-electron chi connectivity index (χ0n) is 16.8. The first-order valence-corrected chi connectivity index (χ1v) is 9.79. The molecule has 2 heterocycles. The third-order valence-electron chi connectivity index (χ3n) is 5.85. The molecule has 1 aromatic rings. The summed E-state index contributed by atoms with van der Waals surface area (Å²) in [6.45, 7) is 5.30. The molecule has 0 saturated heterocycles. The molecule has 0 unspecified atom stereocenters. The molecule has 2 atom stereocenters. The van der Waals surface area contributed by atoms with Gasteiger partial charge in [0.2, 0.25) is 0 Å². The van der Waals surface area contributed by atoms with Gasteiger partial charge in [-0.1, -0.05) is 20.3 Å². The smallest absolute Gasteiger partial charge is 0.343 e. The molecule has 0 spiro atoms. The summed E-state index contributed by atoms with van der Waals surface area (Å²) in [4.78, 5) is 29.9. The molecule has 1 aromatic heterocycles. The van der Waals surface area contributed by atoms with E-state index in [1.54, 1.807) is 27.0 Å². The number of hydrogen-bond donors (Lipinski definition) is 1. The summed E-state index contributed by atoms with van der Waals surface area (Å²) in [5.74, 6) is -0.875. The van der Waals surface area contributed by atoms with Crippen molar-refractivity contribution in [3.05, 3.63) is 44.6 Å². The van der Waals surface area contributed by atoms with Gasteiger partial charge in [-0.3, -0.25) is 9.79 Å². The van der Waals surface area contributed by atoms with Gasteiger partial charge >= 0.3 is 5.97 Å². The van der Waals surface area contributed by atoms with Gasteiger partial charge in [0.15, 0.2) is 5.60 Å². The van der Waals surface area contributed by atoms with E-state index in [1.165, 1.54) is 4.57 Å². The fourth-order valence-electron chi connectivity index (χ4n) is 3.70. The first-order valence-electron chi connectivity index (χ1n) is 9.79. The first kappa shape index (κ1) is 20.5. The lowest BCUT2D eigenvalue weighted by Crippen LogP contribution is -2.45. The van der Waals surface area contributed by atoms with Gasteiger partial charge in [-0.05, 0) is 37.8 Å². The van der Waals surface area contributed by atoms with Gasteiger partial charge < -0.3 is 14.4 Å². The Morgan fingerprint density at radius 2 is 2.14 bits per heavy atom. The molecule has 1 aliphatic carbocycles. The number of ether oxygens (including phenoxy) is 1. The summed E-state index contributed by atoms with van der Waals surface area (Å²) in [6, 6.07) is 1.46. The van der Waals surface area contributed by atoms with Crippen LogP contribution in [0.25, 0.3) is 0 Å². The van der Waals surface area contributed by atoms with Crippen molar-refractivity contribution in [1.82, 2.24) is 4.57 Å². The topological polar surface area (TPSA) is 80.9 Å². The average Bonchev–Trinajstić information content (AvgIpc) is 2.69. The van der Waals surface area contributed by atoms with Gasteiger partial charge in [0.25, 0.3) is 5.56 Å². The van der Waals surface area contributed by atoms with Crippen molar-refractivity contribution in [2.24, 2.45) is 12.0 Å². The van der Waals surface area contributed by atoms with E-state index in [-0.39, 0.29) is 42.4 Å². The molecule has 7 heteroatoms. The van der Waals surface area contributed by atoms with E-state index in [2.05, 4.69) is 6.92 Å². The molecule has 1 N–H and O–H groups in total. The molecule has 28 heavy (non-hydrogen) atoms. The quantitative estimate of drug-likeness (QED) is 0.598. The molecule has 0 radical (unpaired) electrons. The number of pyridine rings is 1. The Balaban J connectivity index is 2.17. The van der Waals surface area contributed by atoms with Crippen molar-refractivity contribution < 1.29 is 19.0 Å². The van der Waals surface area contributed by atoms with Crippen molar-refractivity contribution in [2.75, 3.05) is 0 Å². The first-order chi connectivity index (χ1) is 13.2. The maximum absolute atomic E-state index is 13.5. The number of cyclic esters (lactones) is 1. The number of aliphatic imine (C=N–C) groups is 1. The molecule has 152 valence electrons. The lowest BCUT2D eigenvalue weighted by molar-refractivity contribution is -0.172. The maximum atomic E-state index is 13.5.